The topological polar surface area (TPSA) is 52.6 Å². The molecule has 0 radical (unpaired) electrons. The molecule has 6 aliphatic carbocycles. The summed E-state index contributed by atoms with van der Waals surface area (Å²) in [6, 6.07) is 0. The van der Waals surface area contributed by atoms with Crippen LogP contribution in [0.2, 0.25) is 39.3 Å². The van der Waals surface area contributed by atoms with E-state index in [1.54, 1.807) is 0 Å². The maximum Gasteiger partial charge on any atom is 0.314 e. The van der Waals surface area contributed by atoms with E-state index >= 15 is 0 Å². The fraction of sp³-hybridized carbons (Fsp3) is 0.769. The summed E-state index contributed by atoms with van der Waals surface area (Å²) in [4.78, 5) is 27.6. The van der Waals surface area contributed by atoms with Crippen molar-refractivity contribution in [3.8, 4) is 0 Å². The van der Waals surface area contributed by atoms with Gasteiger partial charge in [-0.15, -0.1) is 0 Å². The van der Waals surface area contributed by atoms with Gasteiger partial charge in [0.25, 0.3) is 0 Å². The van der Waals surface area contributed by atoms with Crippen LogP contribution in [0.3, 0.4) is 0 Å². The SMILES string of the molecule is C[Si](C)(C)/C=C/C[C@]12C[C@H]3[C@H]4[C@H]5[C@H]6C[C@@]7(C/C=C/[Si](C)(C)C)OC(=O)[C@@]3([C@@H]57)[C@@]6(C(=O)O1)[C@H]42. The van der Waals surface area contributed by atoms with Gasteiger partial charge in [-0.1, -0.05) is 62.8 Å². The largest absolute Gasteiger partial charge is 0.458 e. The normalized spacial score (nSPS) is 55.4. The van der Waals surface area contributed by atoms with Gasteiger partial charge in [0.2, 0.25) is 0 Å². The molecule has 8 aliphatic rings. The summed E-state index contributed by atoms with van der Waals surface area (Å²) in [5, 5.41) is 0. The number of hydrogen-bond acceptors (Lipinski definition) is 4. The Bertz CT molecular complexity index is 953. The number of esters is 2. The summed E-state index contributed by atoms with van der Waals surface area (Å²) in [7, 11) is -2.60. The second kappa shape index (κ2) is 5.24. The average molecular weight is 469 g/mol. The highest BCUT2D eigenvalue weighted by molar-refractivity contribution is 6.81. The Morgan fingerprint density at radius 3 is 1.47 bits per heavy atom. The molecule has 0 amide bonds. The van der Waals surface area contributed by atoms with Crippen LogP contribution < -0.4 is 0 Å². The summed E-state index contributed by atoms with van der Waals surface area (Å²) in [5.41, 5.74) is 2.93. The maximum absolute atomic E-state index is 13.8. The van der Waals surface area contributed by atoms with Crippen molar-refractivity contribution in [1.82, 2.24) is 0 Å². The van der Waals surface area contributed by atoms with E-state index in [9.17, 15) is 9.59 Å². The molecule has 0 aromatic heterocycles. The Labute approximate surface area is 193 Å². The molecular formula is C26H36O4Si2. The number of rotatable bonds is 6. The van der Waals surface area contributed by atoms with Gasteiger partial charge in [-0.3, -0.25) is 9.59 Å². The lowest BCUT2D eigenvalue weighted by Gasteiger charge is -2.48. The number of hydrogen-bond donors (Lipinski definition) is 0. The van der Waals surface area contributed by atoms with Gasteiger partial charge in [0, 0.05) is 24.7 Å². The molecule has 0 aromatic carbocycles. The van der Waals surface area contributed by atoms with Gasteiger partial charge < -0.3 is 9.47 Å². The Kier molecular flexibility index (Phi) is 3.32. The van der Waals surface area contributed by atoms with E-state index in [2.05, 4.69) is 62.8 Å². The van der Waals surface area contributed by atoms with Crippen molar-refractivity contribution in [3.05, 3.63) is 23.6 Å². The van der Waals surface area contributed by atoms with Crippen LogP contribution in [0.4, 0.5) is 0 Å². The van der Waals surface area contributed by atoms with Gasteiger partial charge in [0.15, 0.2) is 0 Å². The minimum atomic E-state index is -1.30. The molecule has 2 saturated heterocycles. The second-order valence-corrected chi connectivity index (χ2v) is 24.5. The first-order valence-corrected chi connectivity index (χ1v) is 19.8. The van der Waals surface area contributed by atoms with Crippen molar-refractivity contribution >= 4 is 28.1 Å². The molecule has 2 spiro atoms. The molecule has 6 heteroatoms. The Hall–Kier alpha value is -1.15. The number of carbonyl (C=O) groups is 2. The smallest absolute Gasteiger partial charge is 0.314 e. The molecule has 6 saturated carbocycles. The summed E-state index contributed by atoms with van der Waals surface area (Å²) < 4.78 is 12.8. The highest BCUT2D eigenvalue weighted by atomic mass is 28.3. The molecule has 8 bridgehead atoms. The summed E-state index contributed by atoms with van der Waals surface area (Å²) >= 11 is 0. The predicted molar refractivity (Wildman–Crippen MR) is 127 cm³/mol. The van der Waals surface area contributed by atoms with E-state index in [0.29, 0.717) is 23.7 Å². The van der Waals surface area contributed by atoms with Gasteiger partial charge in [0.1, 0.15) is 11.2 Å². The molecule has 4 nitrogen and oxygen atoms in total. The average Bonchev–Trinajstić information content (AvgIpc) is 3.42. The van der Waals surface area contributed by atoms with Crippen molar-refractivity contribution in [3.63, 3.8) is 0 Å². The summed E-state index contributed by atoms with van der Waals surface area (Å²) in [6.45, 7) is 14.0. The van der Waals surface area contributed by atoms with Crippen LogP contribution in [0.25, 0.3) is 0 Å². The van der Waals surface area contributed by atoms with Gasteiger partial charge >= 0.3 is 11.9 Å². The lowest BCUT2D eigenvalue weighted by atomic mass is 9.47. The van der Waals surface area contributed by atoms with Crippen molar-refractivity contribution in [2.24, 2.45) is 46.3 Å². The second-order valence-electron chi connectivity index (χ2n) is 14.3. The number of carbonyl (C=O) groups excluding carboxylic acids is 2. The highest BCUT2D eigenvalue weighted by Gasteiger charge is 3.06. The Balaban J connectivity index is 1.28. The van der Waals surface area contributed by atoms with E-state index in [0.717, 1.165) is 25.7 Å². The summed E-state index contributed by atoms with van der Waals surface area (Å²) in [6.07, 6.45) is 8.03. The lowest BCUT2D eigenvalue weighted by Crippen LogP contribution is -2.58. The number of ether oxygens (including phenoxy) is 2. The van der Waals surface area contributed by atoms with E-state index in [-0.39, 0.29) is 35.0 Å². The van der Waals surface area contributed by atoms with Crippen LogP contribution in [-0.2, 0) is 19.1 Å². The van der Waals surface area contributed by atoms with E-state index in [1.807, 2.05) is 0 Å². The third kappa shape index (κ3) is 1.79. The minimum Gasteiger partial charge on any atom is -0.458 e. The van der Waals surface area contributed by atoms with Gasteiger partial charge in [-0.25, -0.2) is 0 Å². The zero-order chi connectivity index (χ0) is 22.7. The van der Waals surface area contributed by atoms with Gasteiger partial charge in [-0.05, 0) is 36.5 Å². The monoisotopic (exact) mass is 468 g/mol. The molecule has 0 N–H and O–H groups in total. The van der Waals surface area contributed by atoms with Crippen molar-refractivity contribution < 1.29 is 19.1 Å². The van der Waals surface area contributed by atoms with Crippen LogP contribution >= 0.6 is 0 Å². The van der Waals surface area contributed by atoms with Gasteiger partial charge in [0.05, 0.1) is 27.0 Å². The van der Waals surface area contributed by atoms with Crippen molar-refractivity contribution in [2.75, 3.05) is 0 Å². The van der Waals surface area contributed by atoms with Crippen LogP contribution in [0.5, 0.6) is 0 Å². The first-order chi connectivity index (χ1) is 14.8. The van der Waals surface area contributed by atoms with E-state index in [4.69, 9.17) is 9.47 Å². The first kappa shape index (κ1) is 20.2. The van der Waals surface area contributed by atoms with Crippen molar-refractivity contribution in [2.45, 2.75) is 76.2 Å². The molecule has 0 aromatic rings. The molecule has 172 valence electrons. The molecule has 2 aliphatic heterocycles. The van der Waals surface area contributed by atoms with E-state index in [1.165, 1.54) is 0 Å². The van der Waals surface area contributed by atoms with Crippen LogP contribution in [0, 0.1) is 46.3 Å². The standard InChI is InChI=1S/C26H36O4Si2/c1-31(2,3)11-7-9-23-13-15-17-18-16-14-24(10-8-12-32(4,5)6)20(18)26(15,22(28)30-24)25(16,19(17)23)21(27)29-23/h7-8,11-12,15-20H,9-10,13-14H2,1-6H3/b11-7+,12-8+/t15-,16+,17-,18+,19+,20-,23-,24-,25-,26-/m1/s1. The molecule has 8 rings (SSSR count). The van der Waals surface area contributed by atoms with Crippen molar-refractivity contribution in [1.29, 1.82) is 0 Å². The van der Waals surface area contributed by atoms with E-state index < -0.39 is 27.0 Å². The van der Waals surface area contributed by atoms with Crippen LogP contribution in [0.15, 0.2) is 23.6 Å². The first-order valence-electron chi connectivity index (χ1n) is 12.7. The Morgan fingerprint density at radius 2 is 1.12 bits per heavy atom. The zero-order valence-corrected chi connectivity index (χ0v) is 22.2. The van der Waals surface area contributed by atoms with Gasteiger partial charge in [-0.2, -0.15) is 0 Å². The zero-order valence-electron chi connectivity index (χ0n) is 20.2. The highest BCUT2D eigenvalue weighted by Crippen LogP contribution is 2.99. The minimum absolute atomic E-state index is 0.0333. The van der Waals surface area contributed by atoms with Crippen LogP contribution in [0.1, 0.15) is 25.7 Å². The maximum atomic E-state index is 13.8. The Morgan fingerprint density at radius 1 is 0.750 bits per heavy atom. The third-order valence-electron chi connectivity index (χ3n) is 10.7. The molecule has 8 fully saturated rings. The van der Waals surface area contributed by atoms with Crippen LogP contribution in [-0.4, -0.2) is 39.3 Å². The predicted octanol–water partition coefficient (Wildman–Crippen LogP) is 4.74. The fourth-order valence-electron chi connectivity index (χ4n) is 10.7. The molecule has 32 heavy (non-hydrogen) atoms. The molecule has 2 heterocycles. The fourth-order valence-corrected chi connectivity index (χ4v) is 12.4. The quantitative estimate of drug-likeness (QED) is 0.417. The third-order valence-corrected chi connectivity index (χ3v) is 13.1. The molecular weight excluding hydrogens is 432 g/mol. The summed E-state index contributed by atoms with van der Waals surface area (Å²) in [5.74, 6) is 1.99. The molecule has 10 atom stereocenters. The molecule has 0 unspecified atom stereocenters. The lowest BCUT2D eigenvalue weighted by molar-refractivity contribution is -0.165.